The van der Waals surface area contributed by atoms with Crippen LogP contribution >= 0.6 is 11.8 Å². The first-order valence-electron chi connectivity index (χ1n) is 7.08. The first kappa shape index (κ1) is 12.9. The SMILES string of the molecule is O=C1CCCN1c1ccccc1NC1CCCSC1. The summed E-state index contributed by atoms with van der Waals surface area (Å²) in [4.78, 5) is 13.8. The van der Waals surface area contributed by atoms with Crippen molar-refractivity contribution in [1.82, 2.24) is 0 Å². The van der Waals surface area contributed by atoms with Gasteiger partial charge in [0.1, 0.15) is 0 Å². The van der Waals surface area contributed by atoms with Gasteiger partial charge in [0.15, 0.2) is 0 Å². The highest BCUT2D eigenvalue weighted by molar-refractivity contribution is 7.99. The number of anilines is 2. The largest absolute Gasteiger partial charge is 0.380 e. The highest BCUT2D eigenvalue weighted by Gasteiger charge is 2.24. The molecule has 4 heteroatoms. The van der Waals surface area contributed by atoms with Gasteiger partial charge in [0.2, 0.25) is 5.91 Å². The van der Waals surface area contributed by atoms with Crippen LogP contribution in [0.3, 0.4) is 0 Å². The number of benzene rings is 1. The van der Waals surface area contributed by atoms with Crippen molar-refractivity contribution in [3.05, 3.63) is 24.3 Å². The van der Waals surface area contributed by atoms with E-state index in [4.69, 9.17) is 0 Å². The van der Waals surface area contributed by atoms with Gasteiger partial charge in [-0.2, -0.15) is 11.8 Å². The minimum Gasteiger partial charge on any atom is -0.380 e. The minimum atomic E-state index is 0.257. The lowest BCUT2D eigenvalue weighted by molar-refractivity contribution is -0.117. The van der Waals surface area contributed by atoms with Gasteiger partial charge in [0.25, 0.3) is 0 Å². The summed E-state index contributed by atoms with van der Waals surface area (Å²) in [7, 11) is 0. The molecule has 0 saturated carbocycles. The third-order valence-electron chi connectivity index (χ3n) is 3.79. The summed E-state index contributed by atoms with van der Waals surface area (Å²) in [5.41, 5.74) is 2.17. The smallest absolute Gasteiger partial charge is 0.227 e. The van der Waals surface area contributed by atoms with Crippen molar-refractivity contribution >= 4 is 29.0 Å². The highest BCUT2D eigenvalue weighted by Crippen LogP contribution is 2.31. The molecule has 1 amide bonds. The molecule has 0 aliphatic carbocycles. The molecule has 3 nitrogen and oxygen atoms in total. The van der Waals surface area contributed by atoms with E-state index in [0.29, 0.717) is 12.5 Å². The van der Waals surface area contributed by atoms with Crippen LogP contribution in [0.25, 0.3) is 0 Å². The van der Waals surface area contributed by atoms with E-state index in [-0.39, 0.29) is 5.91 Å². The van der Waals surface area contributed by atoms with Crippen molar-refractivity contribution in [3.8, 4) is 0 Å². The van der Waals surface area contributed by atoms with Crippen molar-refractivity contribution in [1.29, 1.82) is 0 Å². The molecule has 2 saturated heterocycles. The van der Waals surface area contributed by atoms with E-state index >= 15 is 0 Å². The summed E-state index contributed by atoms with van der Waals surface area (Å²) in [6, 6.07) is 8.75. The van der Waals surface area contributed by atoms with Crippen LogP contribution in [0.1, 0.15) is 25.7 Å². The zero-order valence-corrected chi connectivity index (χ0v) is 11.9. The number of rotatable bonds is 3. The minimum absolute atomic E-state index is 0.257. The predicted molar refractivity (Wildman–Crippen MR) is 82.0 cm³/mol. The van der Waals surface area contributed by atoms with Crippen LogP contribution in [0.15, 0.2) is 24.3 Å². The van der Waals surface area contributed by atoms with Crippen LogP contribution in [0.4, 0.5) is 11.4 Å². The second kappa shape index (κ2) is 5.87. The van der Waals surface area contributed by atoms with Gasteiger partial charge in [-0.1, -0.05) is 12.1 Å². The Labute approximate surface area is 118 Å². The van der Waals surface area contributed by atoms with Gasteiger partial charge in [-0.05, 0) is 37.1 Å². The number of carbonyl (C=O) groups excluding carboxylic acids is 1. The van der Waals surface area contributed by atoms with Crippen molar-refractivity contribution in [2.24, 2.45) is 0 Å². The van der Waals surface area contributed by atoms with E-state index in [9.17, 15) is 4.79 Å². The quantitative estimate of drug-likeness (QED) is 0.920. The normalized spacial score (nSPS) is 23.7. The van der Waals surface area contributed by atoms with Crippen LogP contribution < -0.4 is 10.2 Å². The lowest BCUT2D eigenvalue weighted by Crippen LogP contribution is -2.29. The molecule has 2 aliphatic rings. The van der Waals surface area contributed by atoms with Crippen LogP contribution in [0.2, 0.25) is 0 Å². The van der Waals surface area contributed by atoms with Crippen molar-refractivity contribution in [2.75, 3.05) is 28.3 Å². The monoisotopic (exact) mass is 276 g/mol. The van der Waals surface area contributed by atoms with Gasteiger partial charge in [-0.15, -0.1) is 0 Å². The summed E-state index contributed by atoms with van der Waals surface area (Å²) in [6.45, 7) is 0.858. The molecule has 1 N–H and O–H groups in total. The molecule has 1 aromatic carbocycles. The second-order valence-electron chi connectivity index (χ2n) is 5.22. The zero-order valence-electron chi connectivity index (χ0n) is 11.1. The molecular formula is C15H20N2OS. The summed E-state index contributed by atoms with van der Waals surface area (Å²) >= 11 is 2.02. The summed E-state index contributed by atoms with van der Waals surface area (Å²) < 4.78 is 0. The Morgan fingerprint density at radius 3 is 2.89 bits per heavy atom. The van der Waals surface area contributed by atoms with Crippen molar-refractivity contribution in [2.45, 2.75) is 31.7 Å². The maximum Gasteiger partial charge on any atom is 0.227 e. The van der Waals surface area contributed by atoms with Gasteiger partial charge < -0.3 is 10.2 Å². The van der Waals surface area contributed by atoms with Gasteiger partial charge >= 0.3 is 0 Å². The maximum absolute atomic E-state index is 11.9. The highest BCUT2D eigenvalue weighted by atomic mass is 32.2. The van der Waals surface area contributed by atoms with E-state index in [0.717, 1.165) is 24.3 Å². The Morgan fingerprint density at radius 1 is 1.26 bits per heavy atom. The molecule has 3 rings (SSSR count). The Balaban J connectivity index is 1.78. The Kier molecular flexibility index (Phi) is 3.97. The predicted octanol–water partition coefficient (Wildman–Crippen LogP) is 3.12. The molecule has 1 unspecified atom stereocenters. The van der Waals surface area contributed by atoms with E-state index < -0.39 is 0 Å². The average molecular weight is 276 g/mol. The molecule has 19 heavy (non-hydrogen) atoms. The molecule has 2 heterocycles. The standard InChI is InChI=1S/C15H20N2OS/c18-15-8-3-9-17(15)14-7-2-1-6-13(14)16-12-5-4-10-19-11-12/h1-2,6-7,12,16H,3-5,8-11H2. The molecule has 0 bridgehead atoms. The number of hydrogen-bond donors (Lipinski definition) is 1. The topological polar surface area (TPSA) is 32.3 Å². The van der Waals surface area contributed by atoms with E-state index in [1.54, 1.807) is 0 Å². The number of amides is 1. The number of hydrogen-bond acceptors (Lipinski definition) is 3. The van der Waals surface area contributed by atoms with Crippen molar-refractivity contribution in [3.63, 3.8) is 0 Å². The van der Waals surface area contributed by atoms with Crippen LogP contribution in [-0.4, -0.2) is 30.0 Å². The molecule has 2 aliphatic heterocycles. The second-order valence-corrected chi connectivity index (χ2v) is 6.37. The van der Waals surface area contributed by atoms with Gasteiger partial charge in [-0.3, -0.25) is 4.79 Å². The fourth-order valence-corrected chi connectivity index (χ4v) is 3.88. The zero-order chi connectivity index (χ0) is 13.1. The third-order valence-corrected chi connectivity index (χ3v) is 5.00. The fourth-order valence-electron chi connectivity index (χ4n) is 2.81. The molecule has 2 fully saturated rings. The first-order chi connectivity index (χ1) is 9.34. The summed E-state index contributed by atoms with van der Waals surface area (Å²) in [6.07, 6.45) is 4.18. The third kappa shape index (κ3) is 2.89. The molecule has 0 spiro atoms. The number of nitrogens with one attached hydrogen (secondary N) is 1. The van der Waals surface area contributed by atoms with Crippen LogP contribution in [0, 0.1) is 0 Å². The number of thioether (sulfide) groups is 1. The molecule has 0 radical (unpaired) electrons. The summed E-state index contributed by atoms with van der Waals surface area (Å²) in [5.74, 6) is 2.71. The molecule has 0 aromatic heterocycles. The lowest BCUT2D eigenvalue weighted by Gasteiger charge is -2.27. The van der Waals surface area contributed by atoms with E-state index in [2.05, 4.69) is 17.4 Å². The number of para-hydroxylation sites is 2. The van der Waals surface area contributed by atoms with Gasteiger partial charge in [0.05, 0.1) is 11.4 Å². The van der Waals surface area contributed by atoms with Crippen LogP contribution in [-0.2, 0) is 4.79 Å². The lowest BCUT2D eigenvalue weighted by atomic mass is 10.1. The molecule has 1 atom stereocenters. The molecular weight excluding hydrogens is 256 g/mol. The fraction of sp³-hybridized carbons (Fsp3) is 0.533. The molecule has 1 aromatic rings. The van der Waals surface area contributed by atoms with E-state index in [1.165, 1.54) is 24.3 Å². The Morgan fingerprint density at radius 2 is 2.16 bits per heavy atom. The Hall–Kier alpha value is -1.16. The Bertz CT molecular complexity index is 457. The first-order valence-corrected chi connectivity index (χ1v) is 8.24. The number of nitrogens with zero attached hydrogens (tertiary/aromatic N) is 1. The van der Waals surface area contributed by atoms with Crippen LogP contribution in [0.5, 0.6) is 0 Å². The van der Waals surface area contributed by atoms with Crippen molar-refractivity contribution < 1.29 is 4.79 Å². The average Bonchev–Trinajstić information content (AvgIpc) is 2.87. The number of carbonyl (C=O) groups is 1. The van der Waals surface area contributed by atoms with Gasteiger partial charge in [0, 0.05) is 24.8 Å². The van der Waals surface area contributed by atoms with E-state index in [1.807, 2.05) is 28.8 Å². The van der Waals surface area contributed by atoms with Gasteiger partial charge in [-0.25, -0.2) is 0 Å². The summed E-state index contributed by atoms with van der Waals surface area (Å²) in [5, 5.41) is 3.63. The maximum atomic E-state index is 11.9. The molecule has 102 valence electrons.